The molecule has 6 nitrogen and oxygen atoms in total. The molecular weight excluding hydrogens is 304 g/mol. The largest absolute Gasteiger partial charge is 0.389 e. The van der Waals surface area contributed by atoms with E-state index in [9.17, 15) is 0 Å². The highest BCUT2D eigenvalue weighted by molar-refractivity contribution is 7.20. The van der Waals surface area contributed by atoms with E-state index in [2.05, 4.69) is 14.6 Å². The van der Waals surface area contributed by atoms with Crippen LogP contribution in [0.2, 0.25) is 0 Å². The summed E-state index contributed by atoms with van der Waals surface area (Å²) >= 11 is 2.85. The topological polar surface area (TPSA) is 82.0 Å². The van der Waals surface area contributed by atoms with E-state index in [1.807, 2.05) is 11.4 Å². The predicted molar refractivity (Wildman–Crippen MR) is 84.7 cm³/mol. The van der Waals surface area contributed by atoms with Crippen molar-refractivity contribution in [2.24, 2.45) is 0 Å². The Labute approximate surface area is 130 Å². The van der Waals surface area contributed by atoms with E-state index < -0.39 is 0 Å². The minimum Gasteiger partial charge on any atom is -0.389 e. The van der Waals surface area contributed by atoms with Crippen molar-refractivity contribution in [3.63, 3.8) is 0 Å². The minimum atomic E-state index is 0.489. The van der Waals surface area contributed by atoms with Crippen molar-refractivity contribution in [1.29, 1.82) is 0 Å². The molecule has 21 heavy (non-hydrogen) atoms. The van der Waals surface area contributed by atoms with Crippen LogP contribution in [0.15, 0.2) is 0 Å². The molecule has 0 unspecified atom stereocenters. The van der Waals surface area contributed by atoms with Crippen LogP contribution < -0.4 is 5.73 Å². The Bertz CT molecular complexity index is 760. The molecule has 3 aromatic heterocycles. The molecule has 110 valence electrons. The number of aryl methyl sites for hydroxylation is 1. The van der Waals surface area contributed by atoms with Gasteiger partial charge < -0.3 is 5.73 Å². The fourth-order valence-electron chi connectivity index (χ4n) is 3.00. The molecule has 0 aromatic carbocycles. The van der Waals surface area contributed by atoms with Gasteiger partial charge in [-0.2, -0.15) is 14.0 Å². The molecule has 4 rings (SSSR count). The third kappa shape index (κ3) is 2.13. The molecule has 3 aromatic rings. The van der Waals surface area contributed by atoms with Crippen LogP contribution in [0.4, 0.5) is 5.00 Å². The first-order valence-electron chi connectivity index (χ1n) is 7.18. The van der Waals surface area contributed by atoms with Gasteiger partial charge in [-0.3, -0.25) is 0 Å². The molecule has 0 radical (unpaired) electrons. The molecule has 0 bridgehead atoms. The zero-order valence-corrected chi connectivity index (χ0v) is 13.4. The average Bonchev–Trinajstić information content (AvgIpc) is 3.14. The molecule has 0 aliphatic heterocycles. The smallest absolute Gasteiger partial charge is 0.234 e. The number of nitrogens with zero attached hydrogens (tertiary/aromatic N) is 5. The van der Waals surface area contributed by atoms with Gasteiger partial charge in [-0.25, -0.2) is 0 Å². The van der Waals surface area contributed by atoms with E-state index in [1.165, 1.54) is 55.0 Å². The van der Waals surface area contributed by atoms with Crippen LogP contribution in [0.3, 0.4) is 0 Å². The standard InChI is InChI=1S/C13H16N6S2/c1-7-9(10(14)21-18-7)12-17-19-11(15-16-13(19)20-12)8-5-3-2-4-6-8/h8H,2-6,14H2,1H3. The van der Waals surface area contributed by atoms with Crippen molar-refractivity contribution in [3.8, 4) is 10.6 Å². The van der Waals surface area contributed by atoms with Crippen molar-refractivity contribution in [1.82, 2.24) is 24.2 Å². The molecule has 1 saturated carbocycles. The molecule has 0 atom stereocenters. The van der Waals surface area contributed by atoms with Gasteiger partial charge in [-0.05, 0) is 31.3 Å². The molecule has 2 N–H and O–H groups in total. The van der Waals surface area contributed by atoms with Crippen LogP contribution >= 0.6 is 22.9 Å². The van der Waals surface area contributed by atoms with Gasteiger partial charge in [-0.1, -0.05) is 30.6 Å². The summed E-state index contributed by atoms with van der Waals surface area (Å²) in [5, 5.41) is 15.0. The first kappa shape index (κ1) is 13.1. The summed E-state index contributed by atoms with van der Waals surface area (Å²) in [5.41, 5.74) is 7.90. The second kappa shape index (κ2) is 5.03. The zero-order valence-electron chi connectivity index (χ0n) is 11.7. The lowest BCUT2D eigenvalue weighted by atomic mass is 9.89. The summed E-state index contributed by atoms with van der Waals surface area (Å²) < 4.78 is 6.21. The summed E-state index contributed by atoms with van der Waals surface area (Å²) in [6.45, 7) is 1.96. The molecule has 1 aliphatic carbocycles. The fraction of sp³-hybridized carbons (Fsp3) is 0.538. The highest BCUT2D eigenvalue weighted by atomic mass is 32.1. The normalized spacial score (nSPS) is 16.8. The minimum absolute atomic E-state index is 0.489. The molecule has 3 heterocycles. The lowest BCUT2D eigenvalue weighted by Gasteiger charge is -2.18. The number of fused-ring (bicyclic) bond motifs is 1. The van der Waals surface area contributed by atoms with Gasteiger partial charge in [0.15, 0.2) is 10.8 Å². The van der Waals surface area contributed by atoms with E-state index >= 15 is 0 Å². The van der Waals surface area contributed by atoms with Crippen molar-refractivity contribution in [3.05, 3.63) is 11.5 Å². The van der Waals surface area contributed by atoms with Gasteiger partial charge in [0.2, 0.25) is 4.96 Å². The molecule has 1 aliphatic rings. The highest BCUT2D eigenvalue weighted by Crippen LogP contribution is 2.37. The number of nitrogens with two attached hydrogens (primary N) is 1. The molecule has 0 amide bonds. The van der Waals surface area contributed by atoms with Crippen LogP contribution in [0.1, 0.15) is 49.5 Å². The van der Waals surface area contributed by atoms with Crippen molar-refractivity contribution >= 4 is 32.8 Å². The Morgan fingerprint density at radius 3 is 2.71 bits per heavy atom. The first-order valence-corrected chi connectivity index (χ1v) is 8.77. The quantitative estimate of drug-likeness (QED) is 0.784. The summed E-state index contributed by atoms with van der Waals surface area (Å²) in [4.78, 5) is 0.843. The maximum absolute atomic E-state index is 6.02. The second-order valence-corrected chi connectivity index (χ2v) is 7.26. The number of anilines is 1. The van der Waals surface area contributed by atoms with Gasteiger partial charge in [0.05, 0.1) is 11.3 Å². The summed E-state index contributed by atoms with van der Waals surface area (Å²) in [6.07, 6.45) is 6.26. The van der Waals surface area contributed by atoms with Gasteiger partial charge in [0.1, 0.15) is 5.00 Å². The highest BCUT2D eigenvalue weighted by Gasteiger charge is 2.24. The third-order valence-electron chi connectivity index (χ3n) is 4.09. The van der Waals surface area contributed by atoms with Gasteiger partial charge >= 0.3 is 0 Å². The molecular formula is C13H16N6S2. The second-order valence-electron chi connectivity index (χ2n) is 5.50. The lowest BCUT2D eigenvalue weighted by Crippen LogP contribution is -2.09. The van der Waals surface area contributed by atoms with Crippen molar-refractivity contribution in [2.75, 3.05) is 5.73 Å². The van der Waals surface area contributed by atoms with E-state index in [0.717, 1.165) is 32.1 Å². The summed E-state index contributed by atoms with van der Waals surface area (Å²) in [5.74, 6) is 1.49. The Kier molecular flexibility index (Phi) is 3.15. The van der Waals surface area contributed by atoms with Crippen molar-refractivity contribution < 1.29 is 0 Å². The van der Waals surface area contributed by atoms with Crippen LogP contribution in [-0.4, -0.2) is 24.2 Å². The number of rotatable bonds is 2. The Hall–Kier alpha value is -1.54. The number of nitrogen functional groups attached to an aromatic ring is 1. The third-order valence-corrected chi connectivity index (χ3v) is 5.77. The Balaban J connectivity index is 1.79. The van der Waals surface area contributed by atoms with Crippen LogP contribution in [-0.2, 0) is 0 Å². The fourth-order valence-corrected chi connectivity index (χ4v) is 4.68. The maximum atomic E-state index is 6.02. The van der Waals surface area contributed by atoms with Crippen LogP contribution in [0.25, 0.3) is 15.5 Å². The van der Waals surface area contributed by atoms with Crippen molar-refractivity contribution in [2.45, 2.75) is 44.9 Å². The number of aromatic nitrogens is 5. The van der Waals surface area contributed by atoms with Gasteiger partial charge in [0, 0.05) is 5.92 Å². The maximum Gasteiger partial charge on any atom is 0.234 e. The predicted octanol–water partition coefficient (Wildman–Crippen LogP) is 3.25. The monoisotopic (exact) mass is 320 g/mol. The summed E-state index contributed by atoms with van der Waals surface area (Å²) in [7, 11) is 0. The van der Waals surface area contributed by atoms with Crippen LogP contribution in [0, 0.1) is 6.92 Å². The van der Waals surface area contributed by atoms with E-state index in [0.29, 0.717) is 5.92 Å². The Morgan fingerprint density at radius 1 is 1.19 bits per heavy atom. The Morgan fingerprint density at radius 2 is 2.00 bits per heavy atom. The van der Waals surface area contributed by atoms with E-state index in [4.69, 9.17) is 10.8 Å². The molecule has 0 spiro atoms. The number of hydrogen-bond acceptors (Lipinski definition) is 7. The van der Waals surface area contributed by atoms with E-state index in [-0.39, 0.29) is 0 Å². The first-order chi connectivity index (χ1) is 10.2. The summed E-state index contributed by atoms with van der Waals surface area (Å²) in [6, 6.07) is 0. The SMILES string of the molecule is Cc1nsc(N)c1-c1nn2c(C3CCCCC3)nnc2s1. The van der Waals surface area contributed by atoms with Crippen LogP contribution in [0.5, 0.6) is 0 Å². The molecule has 0 saturated heterocycles. The molecule has 1 fully saturated rings. The zero-order chi connectivity index (χ0) is 14.4. The number of hydrogen-bond donors (Lipinski definition) is 1. The van der Waals surface area contributed by atoms with E-state index in [1.54, 1.807) is 0 Å². The molecule has 8 heteroatoms. The van der Waals surface area contributed by atoms with Gasteiger partial charge in [0.25, 0.3) is 0 Å². The average molecular weight is 320 g/mol. The van der Waals surface area contributed by atoms with Gasteiger partial charge in [-0.15, -0.1) is 10.2 Å². The lowest BCUT2D eigenvalue weighted by molar-refractivity contribution is 0.423.